The SMILES string of the molecule is c1ccc(-c2ccc3c(c2)c2cc(-c4cccc5c4sc4ccccc45)ccc2n3-c2ccc(N3C(c4ccccc4)NC3c3ccccc3)cc2)cc1. The monoisotopic (exact) mass is 709 g/mol. The smallest absolute Gasteiger partial charge is 0.109 e. The average Bonchev–Trinajstić information content (AvgIpc) is 3.77. The van der Waals surface area contributed by atoms with Crippen LogP contribution in [0.25, 0.3) is 69.9 Å². The Balaban J connectivity index is 1.06. The highest BCUT2D eigenvalue weighted by molar-refractivity contribution is 7.26. The van der Waals surface area contributed by atoms with Crippen LogP contribution < -0.4 is 10.2 Å². The lowest BCUT2D eigenvalue weighted by molar-refractivity contribution is 0.276. The molecule has 0 radical (unpaired) electrons. The minimum atomic E-state index is 0.0933. The van der Waals surface area contributed by atoms with Gasteiger partial charge in [-0.25, -0.2) is 0 Å². The van der Waals surface area contributed by atoms with Crippen molar-refractivity contribution in [3.63, 3.8) is 0 Å². The second-order valence-electron chi connectivity index (χ2n) is 14.2. The predicted octanol–water partition coefficient (Wildman–Crippen LogP) is 13.3. The van der Waals surface area contributed by atoms with Crippen LogP contribution in [0.4, 0.5) is 5.69 Å². The van der Waals surface area contributed by atoms with Crippen LogP contribution in [0.15, 0.2) is 194 Å². The zero-order valence-corrected chi connectivity index (χ0v) is 30.2. The van der Waals surface area contributed by atoms with Gasteiger partial charge in [-0.15, -0.1) is 11.3 Å². The summed E-state index contributed by atoms with van der Waals surface area (Å²) in [7, 11) is 0. The number of rotatable bonds is 6. The summed E-state index contributed by atoms with van der Waals surface area (Å²) in [5.74, 6) is 0. The number of hydrogen-bond acceptors (Lipinski definition) is 3. The van der Waals surface area contributed by atoms with E-state index in [9.17, 15) is 0 Å². The lowest BCUT2D eigenvalue weighted by Gasteiger charge is -2.51. The minimum Gasteiger partial charge on any atom is -0.332 e. The van der Waals surface area contributed by atoms with Crippen LogP contribution in [0.2, 0.25) is 0 Å². The molecule has 0 bridgehead atoms. The maximum atomic E-state index is 3.83. The summed E-state index contributed by atoms with van der Waals surface area (Å²) in [4.78, 5) is 2.49. The quantitative estimate of drug-likeness (QED) is 0.185. The molecule has 54 heavy (non-hydrogen) atoms. The molecule has 1 N–H and O–H groups in total. The van der Waals surface area contributed by atoms with E-state index in [1.165, 1.54) is 81.0 Å². The van der Waals surface area contributed by atoms with Crippen LogP contribution in [-0.4, -0.2) is 4.57 Å². The van der Waals surface area contributed by atoms with Crippen LogP contribution in [0.5, 0.6) is 0 Å². The van der Waals surface area contributed by atoms with Gasteiger partial charge in [-0.2, -0.15) is 0 Å². The van der Waals surface area contributed by atoms with Gasteiger partial charge in [0.1, 0.15) is 12.3 Å². The van der Waals surface area contributed by atoms with Crippen molar-refractivity contribution in [2.75, 3.05) is 4.90 Å². The van der Waals surface area contributed by atoms with Gasteiger partial charge in [0.2, 0.25) is 0 Å². The molecule has 0 aliphatic carbocycles. The van der Waals surface area contributed by atoms with Crippen LogP contribution in [0.3, 0.4) is 0 Å². The van der Waals surface area contributed by atoms with Crippen molar-refractivity contribution >= 4 is 59.0 Å². The molecule has 256 valence electrons. The van der Waals surface area contributed by atoms with Gasteiger partial charge >= 0.3 is 0 Å². The van der Waals surface area contributed by atoms with Crippen molar-refractivity contribution in [3.8, 4) is 27.9 Å². The van der Waals surface area contributed by atoms with Gasteiger partial charge in [-0.05, 0) is 88.0 Å². The summed E-state index contributed by atoms with van der Waals surface area (Å²) in [6, 6.07) is 70.8. The first-order valence-corrected chi connectivity index (χ1v) is 19.4. The maximum Gasteiger partial charge on any atom is 0.109 e. The molecule has 1 saturated heterocycles. The van der Waals surface area contributed by atoms with Crippen molar-refractivity contribution < 1.29 is 0 Å². The van der Waals surface area contributed by atoms with E-state index >= 15 is 0 Å². The molecule has 2 aromatic heterocycles. The molecular weight excluding hydrogens is 675 g/mol. The predicted molar refractivity (Wildman–Crippen MR) is 229 cm³/mol. The van der Waals surface area contributed by atoms with Gasteiger partial charge in [0.05, 0.1) is 11.0 Å². The number of fused-ring (bicyclic) bond motifs is 6. The van der Waals surface area contributed by atoms with E-state index in [1.807, 2.05) is 11.3 Å². The molecule has 1 aliphatic rings. The Labute approximate surface area is 318 Å². The summed E-state index contributed by atoms with van der Waals surface area (Å²) < 4.78 is 5.10. The third-order valence-electron chi connectivity index (χ3n) is 11.1. The first-order valence-electron chi connectivity index (χ1n) is 18.6. The fourth-order valence-corrected chi connectivity index (χ4v) is 9.73. The molecule has 8 aromatic carbocycles. The molecule has 3 heterocycles. The normalized spacial score (nSPS) is 15.7. The second kappa shape index (κ2) is 12.6. The van der Waals surface area contributed by atoms with E-state index in [0.717, 1.165) is 5.69 Å². The molecule has 10 aromatic rings. The fourth-order valence-electron chi connectivity index (χ4n) is 8.49. The summed E-state index contributed by atoms with van der Waals surface area (Å²) in [5, 5.41) is 8.98. The number of aromatic nitrogens is 1. The Bertz CT molecular complexity index is 2920. The number of nitrogens with one attached hydrogen (secondary N) is 1. The Hall–Kier alpha value is -6.46. The third kappa shape index (κ3) is 4.99. The molecule has 1 fully saturated rings. The molecule has 3 nitrogen and oxygen atoms in total. The Morgan fingerprint density at radius 2 is 0.963 bits per heavy atom. The molecule has 0 saturated carbocycles. The Morgan fingerprint density at radius 3 is 1.65 bits per heavy atom. The average molecular weight is 710 g/mol. The van der Waals surface area contributed by atoms with E-state index in [0.29, 0.717) is 0 Å². The van der Waals surface area contributed by atoms with E-state index in [1.54, 1.807) is 0 Å². The van der Waals surface area contributed by atoms with Gasteiger partial charge in [-0.3, -0.25) is 5.32 Å². The van der Waals surface area contributed by atoms with E-state index < -0.39 is 0 Å². The molecule has 4 heteroatoms. The number of nitrogens with zero attached hydrogens (tertiary/aromatic N) is 2. The van der Waals surface area contributed by atoms with Gasteiger partial charge in [0, 0.05) is 42.3 Å². The largest absolute Gasteiger partial charge is 0.332 e. The molecule has 0 spiro atoms. The van der Waals surface area contributed by atoms with Crippen LogP contribution in [0.1, 0.15) is 23.5 Å². The molecule has 11 rings (SSSR count). The zero-order chi connectivity index (χ0) is 35.6. The number of hydrogen-bond donors (Lipinski definition) is 1. The number of anilines is 1. The van der Waals surface area contributed by atoms with Crippen molar-refractivity contribution in [3.05, 3.63) is 205 Å². The van der Waals surface area contributed by atoms with Gasteiger partial charge in [-0.1, -0.05) is 140 Å². The topological polar surface area (TPSA) is 20.2 Å². The summed E-state index contributed by atoms with van der Waals surface area (Å²) in [5.41, 5.74) is 12.2. The first kappa shape index (κ1) is 31.1. The highest BCUT2D eigenvalue weighted by Gasteiger charge is 2.39. The van der Waals surface area contributed by atoms with Crippen molar-refractivity contribution in [1.82, 2.24) is 9.88 Å². The van der Waals surface area contributed by atoms with E-state index in [4.69, 9.17) is 0 Å². The van der Waals surface area contributed by atoms with Gasteiger partial charge < -0.3 is 9.47 Å². The fraction of sp³-hybridized carbons (Fsp3) is 0.0400. The van der Waals surface area contributed by atoms with Crippen LogP contribution >= 0.6 is 11.3 Å². The van der Waals surface area contributed by atoms with Crippen molar-refractivity contribution in [2.24, 2.45) is 0 Å². The lowest BCUT2D eigenvalue weighted by atomic mass is 9.99. The van der Waals surface area contributed by atoms with E-state index in [-0.39, 0.29) is 12.3 Å². The Kier molecular flexibility index (Phi) is 7.25. The summed E-state index contributed by atoms with van der Waals surface area (Å²) in [6.07, 6.45) is 0.187. The molecule has 0 amide bonds. The van der Waals surface area contributed by atoms with Crippen molar-refractivity contribution in [1.29, 1.82) is 0 Å². The lowest BCUT2D eigenvalue weighted by Crippen LogP contribution is -2.57. The molecule has 1 aliphatic heterocycles. The highest BCUT2D eigenvalue weighted by Crippen LogP contribution is 2.44. The summed E-state index contributed by atoms with van der Waals surface area (Å²) >= 11 is 1.89. The highest BCUT2D eigenvalue weighted by atomic mass is 32.1. The zero-order valence-electron chi connectivity index (χ0n) is 29.4. The number of thiophene rings is 1. The standard InChI is InChI=1S/C50H35N3S/c1-4-13-33(14-5-1)36-23-29-45-43(31-36)44-32-37(40-20-12-21-42-41-19-10-11-22-47(41)54-48(40)42)24-30-46(44)52(45)38-25-27-39(28-26-38)53-49(34-15-6-2-7-16-34)51-50(53)35-17-8-3-9-18-35/h1-32,49-51H. The molecular formula is C50H35N3S. The second-order valence-corrected chi connectivity index (χ2v) is 15.2. The van der Waals surface area contributed by atoms with Crippen molar-refractivity contribution in [2.45, 2.75) is 12.3 Å². The minimum absolute atomic E-state index is 0.0933. The summed E-state index contributed by atoms with van der Waals surface area (Å²) in [6.45, 7) is 0. The third-order valence-corrected chi connectivity index (χ3v) is 12.3. The molecule has 2 unspecified atom stereocenters. The van der Waals surface area contributed by atoms with E-state index in [2.05, 4.69) is 209 Å². The number of benzene rings is 8. The van der Waals surface area contributed by atoms with Gasteiger partial charge in [0.25, 0.3) is 0 Å². The van der Waals surface area contributed by atoms with Crippen LogP contribution in [0, 0.1) is 0 Å². The Morgan fingerprint density at radius 1 is 0.407 bits per heavy atom. The van der Waals surface area contributed by atoms with Gasteiger partial charge in [0.15, 0.2) is 0 Å². The maximum absolute atomic E-state index is 3.83. The van der Waals surface area contributed by atoms with Crippen LogP contribution in [-0.2, 0) is 0 Å². The molecule has 2 atom stereocenters. The first-order chi connectivity index (χ1) is 26.8.